The minimum atomic E-state index is 0.0856. The molecule has 3 nitrogen and oxygen atoms in total. The molecule has 0 atom stereocenters. The molecule has 0 aliphatic rings. The Hall–Kier alpha value is -1.51. The molecule has 15 heavy (non-hydrogen) atoms. The lowest BCUT2D eigenvalue weighted by Gasteiger charge is -2.15. The summed E-state index contributed by atoms with van der Waals surface area (Å²) >= 11 is 0. The molecule has 0 unspecified atom stereocenters. The van der Waals surface area contributed by atoms with Gasteiger partial charge in [-0.15, -0.1) is 0 Å². The van der Waals surface area contributed by atoms with Crippen LogP contribution in [0.5, 0.6) is 5.75 Å². The smallest absolute Gasteiger partial charge is 0.226 e. The van der Waals surface area contributed by atoms with Crippen LogP contribution in [0.3, 0.4) is 0 Å². The molecule has 0 fully saturated rings. The van der Waals surface area contributed by atoms with Crippen LogP contribution in [0.4, 0.5) is 0 Å². The molecule has 0 spiro atoms. The molecule has 0 aliphatic carbocycles. The zero-order chi connectivity index (χ0) is 11.3. The Morgan fingerprint density at radius 1 is 1.47 bits per heavy atom. The van der Waals surface area contributed by atoms with E-state index in [1.165, 1.54) is 0 Å². The Labute approximate surface area is 90.3 Å². The van der Waals surface area contributed by atoms with E-state index in [0.717, 1.165) is 18.5 Å². The van der Waals surface area contributed by atoms with Crippen LogP contribution in [0, 0.1) is 0 Å². The zero-order valence-corrected chi connectivity index (χ0v) is 9.23. The van der Waals surface area contributed by atoms with Crippen molar-refractivity contribution in [2.75, 3.05) is 13.6 Å². The minimum absolute atomic E-state index is 0.0856. The van der Waals surface area contributed by atoms with Gasteiger partial charge in [0.25, 0.3) is 0 Å². The van der Waals surface area contributed by atoms with E-state index < -0.39 is 0 Å². The molecular formula is C12H17NO2. The van der Waals surface area contributed by atoms with Crippen LogP contribution in [-0.4, -0.2) is 29.5 Å². The molecule has 3 heteroatoms. The van der Waals surface area contributed by atoms with E-state index in [1.807, 2.05) is 13.0 Å². The maximum atomic E-state index is 11.7. The molecule has 1 aromatic rings. The topological polar surface area (TPSA) is 40.5 Å². The summed E-state index contributed by atoms with van der Waals surface area (Å²) in [5, 5.41) is 9.24. The molecule has 0 saturated heterocycles. The summed E-state index contributed by atoms with van der Waals surface area (Å²) in [7, 11) is 1.80. The number of phenolic OH excluding ortho intramolecular Hbond substituents is 1. The van der Waals surface area contributed by atoms with Gasteiger partial charge in [0.2, 0.25) is 5.91 Å². The number of nitrogens with zero attached hydrogens (tertiary/aromatic N) is 1. The average molecular weight is 207 g/mol. The third kappa shape index (κ3) is 3.62. The third-order valence-corrected chi connectivity index (χ3v) is 2.25. The Morgan fingerprint density at radius 2 is 2.20 bits per heavy atom. The molecule has 0 heterocycles. The minimum Gasteiger partial charge on any atom is -0.508 e. The van der Waals surface area contributed by atoms with Crippen molar-refractivity contribution in [2.45, 2.75) is 19.8 Å². The van der Waals surface area contributed by atoms with Crippen LogP contribution in [0.25, 0.3) is 0 Å². The number of amides is 1. The van der Waals surface area contributed by atoms with Crippen LogP contribution < -0.4 is 0 Å². The zero-order valence-electron chi connectivity index (χ0n) is 9.23. The Morgan fingerprint density at radius 3 is 2.80 bits per heavy atom. The maximum absolute atomic E-state index is 11.7. The quantitative estimate of drug-likeness (QED) is 0.818. The van der Waals surface area contributed by atoms with Crippen molar-refractivity contribution in [2.24, 2.45) is 0 Å². The van der Waals surface area contributed by atoms with Gasteiger partial charge in [0, 0.05) is 13.6 Å². The van der Waals surface area contributed by atoms with Crippen LogP contribution in [0.2, 0.25) is 0 Å². The fraction of sp³-hybridized carbons (Fsp3) is 0.417. The van der Waals surface area contributed by atoms with Gasteiger partial charge in [0.1, 0.15) is 5.75 Å². The van der Waals surface area contributed by atoms with Crippen LogP contribution >= 0.6 is 0 Å². The predicted octanol–water partition coefficient (Wildman–Crippen LogP) is 1.80. The molecule has 82 valence electrons. The van der Waals surface area contributed by atoms with E-state index in [1.54, 1.807) is 30.1 Å². The molecule has 1 aromatic carbocycles. The summed E-state index contributed by atoms with van der Waals surface area (Å²) in [4.78, 5) is 13.4. The fourth-order valence-electron chi connectivity index (χ4n) is 1.44. The second-order valence-electron chi connectivity index (χ2n) is 3.66. The standard InChI is InChI=1S/C12H17NO2/c1-3-7-13(2)12(15)9-10-5-4-6-11(14)8-10/h4-6,8,14H,3,7,9H2,1-2H3. The van der Waals surface area contributed by atoms with Crippen molar-refractivity contribution in [3.63, 3.8) is 0 Å². The summed E-state index contributed by atoms with van der Waals surface area (Å²) in [5.41, 5.74) is 0.850. The van der Waals surface area contributed by atoms with E-state index in [2.05, 4.69) is 0 Å². The fourth-order valence-corrected chi connectivity index (χ4v) is 1.44. The largest absolute Gasteiger partial charge is 0.508 e. The molecular weight excluding hydrogens is 190 g/mol. The molecule has 1 rings (SSSR count). The molecule has 0 saturated carbocycles. The van der Waals surface area contributed by atoms with Crippen molar-refractivity contribution in [1.82, 2.24) is 4.90 Å². The van der Waals surface area contributed by atoms with Crippen LogP contribution in [0.1, 0.15) is 18.9 Å². The first-order valence-electron chi connectivity index (χ1n) is 5.15. The molecule has 0 radical (unpaired) electrons. The Bertz CT molecular complexity index is 336. The average Bonchev–Trinajstić information content (AvgIpc) is 2.18. The normalized spacial score (nSPS) is 10.0. The molecule has 0 aromatic heterocycles. The van der Waals surface area contributed by atoms with Gasteiger partial charge in [-0.1, -0.05) is 19.1 Å². The van der Waals surface area contributed by atoms with Gasteiger partial charge < -0.3 is 10.0 Å². The van der Waals surface area contributed by atoms with E-state index in [-0.39, 0.29) is 11.7 Å². The van der Waals surface area contributed by atoms with Gasteiger partial charge in [0.05, 0.1) is 6.42 Å². The van der Waals surface area contributed by atoms with Crippen molar-refractivity contribution in [3.05, 3.63) is 29.8 Å². The van der Waals surface area contributed by atoms with Crippen molar-refractivity contribution >= 4 is 5.91 Å². The van der Waals surface area contributed by atoms with Gasteiger partial charge in [-0.05, 0) is 24.1 Å². The molecule has 1 amide bonds. The highest BCUT2D eigenvalue weighted by molar-refractivity contribution is 5.78. The third-order valence-electron chi connectivity index (χ3n) is 2.25. The monoisotopic (exact) mass is 207 g/mol. The highest BCUT2D eigenvalue weighted by atomic mass is 16.3. The van der Waals surface area contributed by atoms with Gasteiger partial charge in [-0.2, -0.15) is 0 Å². The first-order chi connectivity index (χ1) is 7.13. The number of hydrogen-bond acceptors (Lipinski definition) is 2. The summed E-state index contributed by atoms with van der Waals surface area (Å²) in [6.45, 7) is 2.82. The number of carbonyl (C=O) groups is 1. The summed E-state index contributed by atoms with van der Waals surface area (Å²) in [5.74, 6) is 0.292. The van der Waals surface area contributed by atoms with Crippen molar-refractivity contribution < 1.29 is 9.90 Å². The highest BCUT2D eigenvalue weighted by Crippen LogP contribution is 2.11. The van der Waals surface area contributed by atoms with E-state index >= 15 is 0 Å². The lowest BCUT2D eigenvalue weighted by atomic mass is 10.1. The maximum Gasteiger partial charge on any atom is 0.226 e. The first-order valence-corrected chi connectivity index (χ1v) is 5.15. The number of likely N-dealkylation sites (N-methyl/N-ethyl adjacent to an activating group) is 1. The van der Waals surface area contributed by atoms with Crippen molar-refractivity contribution in [3.8, 4) is 5.75 Å². The molecule has 0 bridgehead atoms. The molecule has 1 N–H and O–H groups in total. The predicted molar refractivity (Wildman–Crippen MR) is 59.7 cm³/mol. The van der Waals surface area contributed by atoms with Gasteiger partial charge in [-0.3, -0.25) is 4.79 Å². The summed E-state index contributed by atoms with van der Waals surface area (Å²) in [6, 6.07) is 6.82. The summed E-state index contributed by atoms with van der Waals surface area (Å²) < 4.78 is 0. The lowest BCUT2D eigenvalue weighted by Crippen LogP contribution is -2.28. The second kappa shape index (κ2) is 5.39. The van der Waals surface area contributed by atoms with E-state index in [0.29, 0.717) is 6.42 Å². The Balaban J connectivity index is 2.58. The number of benzene rings is 1. The first kappa shape index (κ1) is 11.6. The van der Waals surface area contributed by atoms with Crippen LogP contribution in [0.15, 0.2) is 24.3 Å². The van der Waals surface area contributed by atoms with Gasteiger partial charge in [-0.25, -0.2) is 0 Å². The van der Waals surface area contributed by atoms with E-state index in [9.17, 15) is 9.90 Å². The number of carbonyl (C=O) groups excluding carboxylic acids is 1. The highest BCUT2D eigenvalue weighted by Gasteiger charge is 2.08. The number of hydrogen-bond donors (Lipinski definition) is 1. The van der Waals surface area contributed by atoms with Gasteiger partial charge >= 0.3 is 0 Å². The number of rotatable bonds is 4. The van der Waals surface area contributed by atoms with E-state index in [4.69, 9.17) is 0 Å². The van der Waals surface area contributed by atoms with Crippen molar-refractivity contribution in [1.29, 1.82) is 0 Å². The second-order valence-corrected chi connectivity index (χ2v) is 3.66. The van der Waals surface area contributed by atoms with Crippen LogP contribution in [-0.2, 0) is 11.2 Å². The SMILES string of the molecule is CCCN(C)C(=O)Cc1cccc(O)c1. The summed E-state index contributed by atoms with van der Waals surface area (Å²) in [6.07, 6.45) is 1.31. The lowest BCUT2D eigenvalue weighted by molar-refractivity contribution is -0.129. The number of phenols is 1. The van der Waals surface area contributed by atoms with Gasteiger partial charge in [0.15, 0.2) is 0 Å². The number of aromatic hydroxyl groups is 1. The Kier molecular flexibility index (Phi) is 4.16. The molecule has 0 aliphatic heterocycles.